The van der Waals surface area contributed by atoms with Crippen molar-refractivity contribution in [3.05, 3.63) is 45.7 Å². The van der Waals surface area contributed by atoms with Gasteiger partial charge in [0.15, 0.2) is 17.0 Å². The molecule has 12 heteroatoms. The number of benzene rings is 1. The van der Waals surface area contributed by atoms with Crippen LogP contribution in [0.5, 0.6) is 5.75 Å². The number of aliphatic hydroxyl groups is 2. The summed E-state index contributed by atoms with van der Waals surface area (Å²) in [7, 11) is 4.37. The number of aromatic hydroxyl groups is 1. The largest absolute Gasteiger partial charge is 0.509 e. The van der Waals surface area contributed by atoms with Crippen molar-refractivity contribution < 1.29 is 34.4 Å². The molecule has 0 bridgehead atoms. The van der Waals surface area contributed by atoms with Gasteiger partial charge in [-0.25, -0.2) is 0 Å². The number of likely N-dealkylation sites (N-methyl/N-ethyl adjacent to an activating group) is 1. The van der Waals surface area contributed by atoms with Crippen molar-refractivity contribution in [2.24, 2.45) is 22.6 Å². The highest BCUT2D eigenvalue weighted by atomic mass is 16.5. The monoisotopic (exact) mass is 521 g/mol. The highest BCUT2D eigenvalue weighted by molar-refractivity contribution is 6.25. The van der Waals surface area contributed by atoms with Gasteiger partial charge in [0.05, 0.1) is 34.3 Å². The van der Waals surface area contributed by atoms with Gasteiger partial charge in [-0.3, -0.25) is 19.3 Å². The zero-order chi connectivity index (χ0) is 28.4. The van der Waals surface area contributed by atoms with Crippen LogP contribution in [-0.4, -0.2) is 82.6 Å². The van der Waals surface area contributed by atoms with Gasteiger partial charge >= 0.3 is 0 Å². The van der Waals surface area contributed by atoms with Gasteiger partial charge in [0.2, 0.25) is 0 Å². The third kappa shape index (κ3) is 3.22. The third-order valence-corrected chi connectivity index (χ3v) is 7.57. The van der Waals surface area contributed by atoms with E-state index in [4.69, 9.17) is 21.9 Å². The van der Waals surface area contributed by atoms with Gasteiger partial charge < -0.3 is 37.3 Å². The number of carbonyl (C=O) groups is 3. The maximum Gasteiger partial charge on any atom is 0.255 e. The SMILES string of the molecule is COCC#Cc1ccc(O)c2c1C[C@@]1(N)C[C@@]3(N)[C@H](N(C)C)C(=O)C(C(N)=O)=C(O)[C@@]3(C#N)C(=O)C1=C2O. The summed E-state index contributed by atoms with van der Waals surface area (Å²) in [6, 6.07) is 3.06. The van der Waals surface area contributed by atoms with Gasteiger partial charge in [0, 0.05) is 12.7 Å². The Hall–Kier alpha value is -4.20. The summed E-state index contributed by atoms with van der Waals surface area (Å²) in [4.78, 5) is 41.2. The Labute approximate surface area is 217 Å². The van der Waals surface area contributed by atoms with Gasteiger partial charge in [-0.1, -0.05) is 11.8 Å². The van der Waals surface area contributed by atoms with Crippen LogP contribution in [0, 0.1) is 28.6 Å². The standard InChI is InChI=1S/C26H27N5O7/c1-31(2)20-19(34)16(23(28)37)21(35)25(11-27)22(36)17-18(33)15-13(9-24(17,29)10-26(20,25)30)12(5-4-8-38-3)6-7-14(15)32/h6-7,20,32-33,35H,8-10,29-30H2,1-3H3,(H2,28,37)/t20-,24-,25+,26-/m1/s1. The molecule has 4 atom stereocenters. The molecule has 198 valence electrons. The fraction of sp³-hybridized carbons (Fsp3) is 0.385. The van der Waals surface area contributed by atoms with Crippen LogP contribution in [0.15, 0.2) is 29.0 Å². The quantitative estimate of drug-likeness (QED) is 0.207. The van der Waals surface area contributed by atoms with E-state index >= 15 is 0 Å². The molecule has 3 aliphatic carbocycles. The lowest BCUT2D eigenvalue weighted by atomic mass is 9.47. The summed E-state index contributed by atoms with van der Waals surface area (Å²) in [6.07, 6.45) is -0.621. The summed E-state index contributed by atoms with van der Waals surface area (Å²) >= 11 is 0. The first-order valence-corrected chi connectivity index (χ1v) is 11.5. The number of phenols is 1. The number of aliphatic hydroxyl groups excluding tert-OH is 2. The fourth-order valence-corrected chi connectivity index (χ4v) is 6.15. The molecule has 1 aromatic rings. The molecule has 0 radical (unpaired) electrons. The molecule has 0 aliphatic heterocycles. The molecule has 3 aliphatic rings. The molecule has 0 spiro atoms. The number of fused-ring (bicyclic) bond motifs is 3. The molecule has 0 unspecified atom stereocenters. The molecule has 1 amide bonds. The first-order valence-electron chi connectivity index (χ1n) is 11.5. The zero-order valence-electron chi connectivity index (χ0n) is 21.0. The second kappa shape index (κ2) is 8.68. The number of ether oxygens (including phenoxy) is 1. The number of nitrogens with zero attached hydrogens (tertiary/aromatic N) is 2. The molecule has 38 heavy (non-hydrogen) atoms. The Bertz CT molecular complexity index is 1480. The van der Waals surface area contributed by atoms with Crippen molar-refractivity contribution in [3.8, 4) is 23.7 Å². The Kier molecular flexibility index (Phi) is 6.14. The molecule has 1 fully saturated rings. The van der Waals surface area contributed by atoms with E-state index in [1.165, 1.54) is 38.2 Å². The van der Waals surface area contributed by atoms with Crippen LogP contribution in [-0.2, 0) is 25.5 Å². The van der Waals surface area contributed by atoms with E-state index in [1.54, 1.807) is 6.07 Å². The maximum atomic E-state index is 14.2. The summed E-state index contributed by atoms with van der Waals surface area (Å²) in [5.74, 6) is -0.156. The van der Waals surface area contributed by atoms with E-state index in [2.05, 4.69) is 11.8 Å². The lowest BCUT2D eigenvalue weighted by molar-refractivity contribution is -0.139. The van der Waals surface area contributed by atoms with Crippen LogP contribution < -0.4 is 17.2 Å². The third-order valence-electron chi connectivity index (χ3n) is 7.57. The van der Waals surface area contributed by atoms with Gasteiger partial charge in [0.1, 0.15) is 29.4 Å². The number of carbonyl (C=O) groups excluding carboxylic acids is 3. The smallest absolute Gasteiger partial charge is 0.255 e. The highest BCUT2D eigenvalue weighted by Gasteiger charge is 2.74. The lowest BCUT2D eigenvalue weighted by Gasteiger charge is -2.58. The summed E-state index contributed by atoms with van der Waals surface area (Å²) < 4.78 is 4.95. The first-order chi connectivity index (χ1) is 17.7. The highest BCUT2D eigenvalue weighted by Crippen LogP contribution is 2.58. The number of rotatable bonds is 3. The molecule has 12 nitrogen and oxygen atoms in total. The Morgan fingerprint density at radius 1 is 1.24 bits per heavy atom. The van der Waals surface area contributed by atoms with E-state index in [9.17, 15) is 35.0 Å². The Morgan fingerprint density at radius 3 is 2.45 bits per heavy atom. The molecule has 1 aromatic carbocycles. The van der Waals surface area contributed by atoms with Gasteiger partial charge in [-0.2, -0.15) is 5.26 Å². The Morgan fingerprint density at radius 2 is 1.89 bits per heavy atom. The van der Waals surface area contributed by atoms with Crippen LogP contribution in [0.2, 0.25) is 0 Å². The molecular weight excluding hydrogens is 494 g/mol. The number of amides is 1. The summed E-state index contributed by atoms with van der Waals surface area (Å²) in [5, 5.41) is 43.5. The first kappa shape index (κ1) is 26.9. The number of nitrogens with two attached hydrogens (primary N) is 3. The number of Topliss-reactive ketones (excluding diaryl/α,β-unsaturated/α-hetero) is 2. The van der Waals surface area contributed by atoms with Crippen LogP contribution in [0.25, 0.3) is 5.76 Å². The van der Waals surface area contributed by atoms with E-state index in [0.29, 0.717) is 11.1 Å². The van der Waals surface area contributed by atoms with E-state index < -0.39 is 69.1 Å². The molecule has 9 N–H and O–H groups in total. The predicted molar refractivity (Wildman–Crippen MR) is 133 cm³/mol. The van der Waals surface area contributed by atoms with E-state index in [-0.39, 0.29) is 24.3 Å². The van der Waals surface area contributed by atoms with Crippen molar-refractivity contribution in [2.75, 3.05) is 27.8 Å². The van der Waals surface area contributed by atoms with Crippen molar-refractivity contribution in [2.45, 2.75) is 30.0 Å². The number of methoxy groups -OCH3 is 1. The Balaban J connectivity index is 2.10. The van der Waals surface area contributed by atoms with Crippen LogP contribution in [0.3, 0.4) is 0 Å². The molecule has 0 heterocycles. The van der Waals surface area contributed by atoms with Crippen LogP contribution >= 0.6 is 0 Å². The number of hydrogen-bond donors (Lipinski definition) is 6. The van der Waals surface area contributed by atoms with Crippen LogP contribution in [0.4, 0.5) is 0 Å². The molecule has 4 rings (SSSR count). The fourth-order valence-electron chi connectivity index (χ4n) is 6.15. The zero-order valence-corrected chi connectivity index (χ0v) is 21.0. The molecule has 1 saturated carbocycles. The van der Waals surface area contributed by atoms with Crippen molar-refractivity contribution in [1.82, 2.24) is 4.90 Å². The minimum Gasteiger partial charge on any atom is -0.509 e. The summed E-state index contributed by atoms with van der Waals surface area (Å²) in [5.41, 5.74) is 11.5. The van der Waals surface area contributed by atoms with Gasteiger partial charge in [-0.05, 0) is 44.6 Å². The van der Waals surface area contributed by atoms with Crippen molar-refractivity contribution in [1.29, 1.82) is 5.26 Å². The normalized spacial score (nSPS) is 30.2. The second-order valence-corrected chi connectivity index (χ2v) is 10.0. The number of primary amides is 1. The van der Waals surface area contributed by atoms with E-state index in [0.717, 1.165) is 0 Å². The number of phenolic OH excluding ortho intramolecular Hbond substituents is 1. The van der Waals surface area contributed by atoms with Crippen LogP contribution in [0.1, 0.15) is 23.1 Å². The minimum atomic E-state index is -2.70. The average molecular weight is 522 g/mol. The van der Waals surface area contributed by atoms with Gasteiger partial charge in [-0.15, -0.1) is 0 Å². The van der Waals surface area contributed by atoms with E-state index in [1.807, 2.05) is 0 Å². The van der Waals surface area contributed by atoms with Gasteiger partial charge in [0.25, 0.3) is 5.91 Å². The maximum absolute atomic E-state index is 14.2. The average Bonchev–Trinajstić information content (AvgIpc) is 2.79. The second-order valence-electron chi connectivity index (χ2n) is 10.0. The topological polar surface area (TPSA) is 226 Å². The molecule has 0 aromatic heterocycles. The molecule has 0 saturated heterocycles. The minimum absolute atomic E-state index is 0.103. The predicted octanol–water partition coefficient (Wildman–Crippen LogP) is -1.10. The van der Waals surface area contributed by atoms with Crippen molar-refractivity contribution in [3.63, 3.8) is 0 Å². The lowest BCUT2D eigenvalue weighted by Crippen LogP contribution is -2.80. The van der Waals surface area contributed by atoms with Crippen molar-refractivity contribution >= 4 is 23.2 Å². The number of ketones is 2. The summed E-state index contributed by atoms with van der Waals surface area (Å²) in [6.45, 7) is 0.103. The molecular formula is C26H27N5O7. The number of nitriles is 1. The number of hydrogen-bond acceptors (Lipinski definition) is 11.